The first-order valence-corrected chi connectivity index (χ1v) is 8.84. The van der Waals surface area contributed by atoms with E-state index in [1.807, 2.05) is 55.5 Å². The maximum Gasteiger partial charge on any atom is 0.331 e. The molecule has 0 bridgehead atoms. The second-order valence-electron chi connectivity index (χ2n) is 6.22. The first-order chi connectivity index (χ1) is 13.0. The van der Waals surface area contributed by atoms with E-state index in [0.717, 1.165) is 22.4 Å². The third-order valence-electron chi connectivity index (χ3n) is 3.99. The van der Waals surface area contributed by atoms with Crippen LogP contribution in [0.2, 0.25) is 0 Å². The molecule has 0 aliphatic heterocycles. The third-order valence-corrected chi connectivity index (χ3v) is 3.99. The van der Waals surface area contributed by atoms with Gasteiger partial charge in [0.25, 0.3) is 5.91 Å². The monoisotopic (exact) mass is 367 g/mol. The number of carbonyl (C=O) groups excluding carboxylic acids is 2. The number of benzene rings is 2. The van der Waals surface area contributed by atoms with Crippen molar-refractivity contribution in [1.29, 1.82) is 0 Å². The van der Waals surface area contributed by atoms with Crippen molar-refractivity contribution in [1.82, 2.24) is 5.32 Å². The third kappa shape index (κ3) is 6.98. The highest BCUT2D eigenvalue weighted by atomic mass is 16.5. The zero-order chi connectivity index (χ0) is 19.6. The topological polar surface area (TPSA) is 64.6 Å². The molecular weight excluding hydrogens is 342 g/mol. The van der Waals surface area contributed by atoms with Gasteiger partial charge in [-0.05, 0) is 49.6 Å². The number of ether oxygens (including phenoxy) is 2. The van der Waals surface area contributed by atoms with Crippen molar-refractivity contribution in [3.05, 3.63) is 71.3 Å². The first kappa shape index (κ1) is 20.2. The van der Waals surface area contributed by atoms with Crippen LogP contribution in [0.4, 0.5) is 0 Å². The molecule has 0 spiro atoms. The van der Waals surface area contributed by atoms with Crippen LogP contribution in [0.3, 0.4) is 0 Å². The molecule has 0 aromatic heterocycles. The summed E-state index contributed by atoms with van der Waals surface area (Å²) < 4.78 is 10.3. The van der Waals surface area contributed by atoms with Crippen LogP contribution < -0.4 is 10.1 Å². The zero-order valence-electron chi connectivity index (χ0n) is 15.9. The summed E-state index contributed by atoms with van der Waals surface area (Å²) in [6, 6.07) is 15.4. The molecule has 0 unspecified atom stereocenters. The number of nitrogens with one attached hydrogen (secondary N) is 1. The van der Waals surface area contributed by atoms with Crippen LogP contribution in [0.1, 0.15) is 23.6 Å². The van der Waals surface area contributed by atoms with Crippen LogP contribution in [0.5, 0.6) is 5.75 Å². The second kappa shape index (κ2) is 10.2. The van der Waals surface area contributed by atoms with Crippen LogP contribution in [-0.2, 0) is 20.7 Å². The lowest BCUT2D eigenvalue weighted by Crippen LogP contribution is -2.36. The summed E-state index contributed by atoms with van der Waals surface area (Å²) in [6.45, 7) is 4.00. The molecule has 1 N–H and O–H groups in total. The van der Waals surface area contributed by atoms with Gasteiger partial charge in [0.15, 0.2) is 6.10 Å². The minimum Gasteiger partial charge on any atom is -0.497 e. The van der Waals surface area contributed by atoms with Crippen LogP contribution in [0.15, 0.2) is 54.6 Å². The van der Waals surface area contributed by atoms with Gasteiger partial charge in [0, 0.05) is 12.6 Å². The van der Waals surface area contributed by atoms with Crippen LogP contribution >= 0.6 is 0 Å². The minimum atomic E-state index is -0.851. The molecule has 0 saturated heterocycles. The lowest BCUT2D eigenvalue weighted by Gasteiger charge is -2.12. The zero-order valence-corrected chi connectivity index (χ0v) is 15.9. The molecule has 1 atom stereocenters. The highest BCUT2D eigenvalue weighted by Crippen LogP contribution is 2.11. The Kier molecular flexibility index (Phi) is 7.62. The maximum absolute atomic E-state index is 12.1. The standard InChI is InChI=1S/C22H25NO4/c1-16-5-4-6-19(15-16)9-12-21(24)27-17(2)22(25)23-14-13-18-7-10-20(26-3)11-8-18/h4-12,15,17H,13-14H2,1-3H3,(H,23,25)/b12-9+/t17-/m1/s1. The Morgan fingerprint density at radius 1 is 1.15 bits per heavy atom. The lowest BCUT2D eigenvalue weighted by atomic mass is 10.1. The van der Waals surface area contributed by atoms with E-state index in [-0.39, 0.29) is 5.91 Å². The summed E-state index contributed by atoms with van der Waals surface area (Å²) in [5.41, 5.74) is 3.10. The van der Waals surface area contributed by atoms with Crippen LogP contribution in [0, 0.1) is 6.92 Å². The summed E-state index contributed by atoms with van der Waals surface area (Å²) in [5, 5.41) is 2.77. The Labute approximate surface area is 160 Å². The molecule has 1 amide bonds. The average molecular weight is 367 g/mol. The van der Waals surface area contributed by atoms with E-state index in [2.05, 4.69) is 5.32 Å². The Morgan fingerprint density at radius 2 is 1.89 bits per heavy atom. The average Bonchev–Trinajstić information content (AvgIpc) is 2.67. The fourth-order valence-corrected chi connectivity index (χ4v) is 2.47. The van der Waals surface area contributed by atoms with E-state index >= 15 is 0 Å². The highest BCUT2D eigenvalue weighted by Gasteiger charge is 2.15. The molecule has 0 heterocycles. The van der Waals surface area contributed by atoms with Crippen molar-refractivity contribution in [2.45, 2.75) is 26.4 Å². The number of aryl methyl sites for hydroxylation is 1. The van der Waals surface area contributed by atoms with E-state index in [4.69, 9.17) is 9.47 Å². The Morgan fingerprint density at radius 3 is 2.56 bits per heavy atom. The summed E-state index contributed by atoms with van der Waals surface area (Å²) >= 11 is 0. The first-order valence-electron chi connectivity index (χ1n) is 8.84. The number of hydrogen-bond donors (Lipinski definition) is 1. The summed E-state index contributed by atoms with van der Waals surface area (Å²) in [4.78, 5) is 23.9. The predicted octanol–water partition coefficient (Wildman–Crippen LogP) is 3.31. The van der Waals surface area contributed by atoms with Crippen molar-refractivity contribution < 1.29 is 19.1 Å². The second-order valence-corrected chi connectivity index (χ2v) is 6.22. The smallest absolute Gasteiger partial charge is 0.331 e. The Hall–Kier alpha value is -3.08. The molecule has 2 aromatic carbocycles. The van der Waals surface area contributed by atoms with Gasteiger partial charge in [-0.1, -0.05) is 42.0 Å². The summed E-state index contributed by atoms with van der Waals surface area (Å²) in [5.74, 6) is -0.0721. The van der Waals surface area contributed by atoms with Gasteiger partial charge >= 0.3 is 5.97 Å². The number of esters is 1. The predicted molar refractivity (Wildman–Crippen MR) is 105 cm³/mol. The molecule has 2 aromatic rings. The number of carbonyl (C=O) groups is 2. The van der Waals surface area contributed by atoms with Gasteiger partial charge < -0.3 is 14.8 Å². The van der Waals surface area contributed by atoms with E-state index < -0.39 is 12.1 Å². The van der Waals surface area contributed by atoms with Gasteiger partial charge in [-0.2, -0.15) is 0 Å². The largest absolute Gasteiger partial charge is 0.497 e. The molecule has 5 heteroatoms. The molecule has 0 radical (unpaired) electrons. The van der Waals surface area contributed by atoms with Gasteiger partial charge in [-0.15, -0.1) is 0 Å². The molecular formula is C22H25NO4. The van der Waals surface area contributed by atoms with Gasteiger partial charge in [0.1, 0.15) is 5.75 Å². The van der Waals surface area contributed by atoms with Crippen molar-refractivity contribution in [3.63, 3.8) is 0 Å². The van der Waals surface area contributed by atoms with Crippen LogP contribution in [-0.4, -0.2) is 31.6 Å². The highest BCUT2D eigenvalue weighted by molar-refractivity contribution is 5.90. The molecule has 0 fully saturated rings. The Balaban J connectivity index is 1.74. The SMILES string of the molecule is COc1ccc(CCNC(=O)[C@@H](C)OC(=O)/C=C/c2cccc(C)c2)cc1. The van der Waals surface area contributed by atoms with Gasteiger partial charge in [0.05, 0.1) is 7.11 Å². The van der Waals surface area contributed by atoms with E-state index in [0.29, 0.717) is 13.0 Å². The molecule has 2 rings (SSSR count). The quantitative estimate of drug-likeness (QED) is 0.574. The number of hydrogen-bond acceptors (Lipinski definition) is 4. The van der Waals surface area contributed by atoms with E-state index in [1.54, 1.807) is 20.1 Å². The van der Waals surface area contributed by atoms with Gasteiger partial charge in [-0.3, -0.25) is 4.79 Å². The van der Waals surface area contributed by atoms with E-state index in [1.165, 1.54) is 6.08 Å². The molecule has 27 heavy (non-hydrogen) atoms. The fraction of sp³-hybridized carbons (Fsp3) is 0.273. The Bertz CT molecular complexity index is 796. The van der Waals surface area contributed by atoms with Crippen LogP contribution in [0.25, 0.3) is 6.08 Å². The maximum atomic E-state index is 12.1. The normalized spacial score (nSPS) is 11.8. The van der Waals surface area contributed by atoms with Crippen molar-refractivity contribution >= 4 is 18.0 Å². The lowest BCUT2D eigenvalue weighted by molar-refractivity contribution is -0.150. The number of rotatable bonds is 8. The fourth-order valence-electron chi connectivity index (χ4n) is 2.47. The number of methoxy groups -OCH3 is 1. The summed E-state index contributed by atoms with van der Waals surface area (Å²) in [6.07, 6.45) is 2.83. The molecule has 142 valence electrons. The van der Waals surface area contributed by atoms with Gasteiger partial charge in [0.2, 0.25) is 0 Å². The molecule has 0 aliphatic rings. The molecule has 5 nitrogen and oxygen atoms in total. The molecule has 0 saturated carbocycles. The van der Waals surface area contributed by atoms with Crippen molar-refractivity contribution in [3.8, 4) is 5.75 Å². The summed E-state index contributed by atoms with van der Waals surface area (Å²) in [7, 11) is 1.62. The molecule has 0 aliphatic carbocycles. The van der Waals surface area contributed by atoms with Crippen molar-refractivity contribution in [2.75, 3.05) is 13.7 Å². The van der Waals surface area contributed by atoms with Crippen molar-refractivity contribution in [2.24, 2.45) is 0 Å². The number of amides is 1. The van der Waals surface area contributed by atoms with E-state index in [9.17, 15) is 9.59 Å². The van der Waals surface area contributed by atoms with Gasteiger partial charge in [-0.25, -0.2) is 4.79 Å². The minimum absolute atomic E-state index is 0.319.